The van der Waals surface area contributed by atoms with E-state index in [0.29, 0.717) is 89.9 Å². The van der Waals surface area contributed by atoms with Crippen LogP contribution in [0.5, 0.6) is 0 Å². The SMILES string of the molecule is C=C1CC2(COC)O[C@@H](C)C1[C@@H]2OC.C=O.COCC12C[C@H](C)C([C@H](C)O1)[C@@H]2OC.COC[C@@]12O[C@@H](C)[C@@H](O[C@@H]1C)[C@H]2OC.COC[C@]12CO[C@H]([C@H](C)O1)[C@@]2(C)OC.CO[C@@H](C)[C@]12CO[C@H]([C@H](C)O1)[C@H]2OC.CO[C@@H]1[C@@H]2OC[C@@]1([C@@H](C)OC)O[C@H]2C.[B][C@@H]1O[C@@]2(C(C)OC)COC1[C@H]2OC.[B][C@@H]1O[C@@]2(COC)C(C)OC1[C@H]2OC.[B][C@@H]1O[C@@]2(COC)C(C)OC1[C@H]2OC. The zero-order chi connectivity index (χ0) is 95.2. The minimum absolute atomic E-state index is 0.00699. The van der Waals surface area contributed by atoms with Gasteiger partial charge in [-0.15, -0.1) is 0 Å². The number of rotatable bonds is 27. The Labute approximate surface area is 765 Å². The molecule has 0 spiro atoms. The minimum Gasteiger partial charge on any atom is -0.382 e. The van der Waals surface area contributed by atoms with E-state index in [1.165, 1.54) is 5.57 Å². The molecule has 0 aromatic heterocycles. The molecule has 128 heavy (non-hydrogen) atoms. The molecule has 2 saturated carbocycles. The van der Waals surface area contributed by atoms with Gasteiger partial charge in [0.05, 0.1) is 152 Å². The highest BCUT2D eigenvalue weighted by Gasteiger charge is 2.72. The van der Waals surface area contributed by atoms with E-state index < -0.39 is 57.2 Å². The largest absolute Gasteiger partial charge is 0.382 e. The molecule has 18 aliphatic rings. The van der Waals surface area contributed by atoms with E-state index in [1.54, 1.807) is 128 Å². The monoisotopic (exact) mass is 1830 g/mol. The summed E-state index contributed by atoms with van der Waals surface area (Å²) in [6.45, 7) is 39.9. The van der Waals surface area contributed by atoms with Gasteiger partial charge in [0.1, 0.15) is 166 Å². The third-order valence-corrected chi connectivity index (χ3v) is 30.5. The molecule has 18 bridgehead atoms. The number of hydrogen-bond acceptors (Lipinski definition) is 35. The zero-order valence-corrected chi connectivity index (χ0v) is 82.5. The summed E-state index contributed by atoms with van der Waals surface area (Å²) in [5.41, 5.74) is -2.85. The second kappa shape index (κ2) is 45.5. The maximum atomic E-state index is 8.00. The van der Waals surface area contributed by atoms with E-state index in [9.17, 15) is 0 Å². The predicted molar refractivity (Wildman–Crippen MR) is 466 cm³/mol. The van der Waals surface area contributed by atoms with Crippen molar-refractivity contribution in [3.63, 3.8) is 0 Å². The van der Waals surface area contributed by atoms with Crippen molar-refractivity contribution in [1.82, 2.24) is 0 Å². The highest BCUT2D eigenvalue weighted by atomic mass is 16.7. The molecule has 0 N–H and O–H groups in total. The lowest BCUT2D eigenvalue weighted by Gasteiger charge is -2.35. The van der Waals surface area contributed by atoms with E-state index in [0.717, 1.165) is 12.8 Å². The Morgan fingerprint density at radius 1 is 0.359 bits per heavy atom. The summed E-state index contributed by atoms with van der Waals surface area (Å²) >= 11 is 0. The highest BCUT2D eigenvalue weighted by Crippen LogP contribution is 2.57. The van der Waals surface area contributed by atoms with Gasteiger partial charge in [-0.05, 0) is 102 Å². The van der Waals surface area contributed by atoms with Crippen LogP contribution in [0.2, 0.25) is 0 Å². The van der Waals surface area contributed by atoms with E-state index in [-0.39, 0.29) is 176 Å². The molecule has 0 aromatic rings. The molecule has 6 radical (unpaired) electrons. The summed E-state index contributed by atoms with van der Waals surface area (Å²) in [5.74, 6) is 1.56. The number of ether oxygens (including phenoxy) is 34. The van der Waals surface area contributed by atoms with Crippen LogP contribution in [0, 0.1) is 17.8 Å². The standard InChI is InChI=1S/C11H20O3.C11H18O3.4C10H18O4.3C9H15BO4.CH2O/c2*1-7-5-11(6-12-3)10(13-4)9(7)8(2)14-11;1-7-8-9(2,12-4)10(14-7,5-11-3)6-13-8;2*1-6-8-9(12-4)10(14-6,5-13-8)7(2)11-3;1-6-8-9(12-4)10(14-6,5-11-3)7(2)13-8;1-5(11-2)9-4-13-6(7(9)12-3)8(10)14-9;2*1-5-9(4-11-2)7(12-3)6(13-5)8(10)14-9;1-2/h7-10H,5-6H2,1-4H3;8-10H,1,5-6H2,2-4H3;7-8H,5-6H2,1-4H3;3*6-9H,5H2,1-4H3;3*5-8H,4H2,1-3H3;1H2/t7-,8-,9?,10-,11?;8-,9?,10-,11?;7-,8+,9+,10+;6-,7+,8+,9+,10-;6-,7-,8+,9+,10-;6-,7+,8+,9+,10+;5?,6?,7-,8-,9-;2*5?,6?,7-,8-,9+;/m000000111./s1. The van der Waals surface area contributed by atoms with Crippen LogP contribution in [-0.2, 0) is 166 Å². The van der Waals surface area contributed by atoms with Crippen molar-refractivity contribution >= 4 is 30.3 Å². The fraction of sp³-hybridized carbons (Fsp3) is 0.967. The lowest BCUT2D eigenvalue weighted by molar-refractivity contribution is -0.194. The molecule has 38 heteroatoms. The fourth-order valence-corrected chi connectivity index (χ4v) is 24.3. The molecule has 16 saturated heterocycles. The number of hydrogen-bond donors (Lipinski definition) is 0. The Balaban J connectivity index is 0.000000162. The van der Waals surface area contributed by atoms with E-state index in [1.807, 2.05) is 83.0 Å². The maximum absolute atomic E-state index is 8.00. The summed E-state index contributed by atoms with van der Waals surface area (Å²) in [6.07, 6.45) is 2.18. The molecule has 10 unspecified atom stereocenters. The first-order chi connectivity index (χ1) is 60.8. The van der Waals surface area contributed by atoms with Gasteiger partial charge in [0.15, 0.2) is 0 Å². The molecule has 0 amide bonds. The Morgan fingerprint density at radius 3 is 1.09 bits per heavy atom. The lowest BCUT2D eigenvalue weighted by Crippen LogP contribution is -2.54. The first-order valence-electron chi connectivity index (χ1n) is 44.9. The van der Waals surface area contributed by atoms with Gasteiger partial charge in [-0.1, -0.05) is 19.1 Å². The molecule has 736 valence electrons. The first kappa shape index (κ1) is 110. The number of fused-ring (bicyclic) bond motifs is 18. The summed E-state index contributed by atoms with van der Waals surface area (Å²) in [7, 11) is 47.6. The molecule has 16 aliphatic heterocycles. The second-order valence-electron chi connectivity index (χ2n) is 37.2. The van der Waals surface area contributed by atoms with Crippen LogP contribution >= 0.6 is 0 Å². The lowest BCUT2D eigenvalue weighted by atomic mass is 9.85. The average Bonchev–Trinajstić information content (AvgIpc) is 1.54. The summed E-state index contributed by atoms with van der Waals surface area (Å²) in [4.78, 5) is 8.00. The van der Waals surface area contributed by atoms with Gasteiger partial charge in [-0.3, -0.25) is 0 Å². The fourth-order valence-electron chi connectivity index (χ4n) is 24.3. The summed E-state index contributed by atoms with van der Waals surface area (Å²) < 4.78 is 189. The molecule has 35 nitrogen and oxygen atoms in total. The smallest absolute Gasteiger partial charge is 0.146 e. The van der Waals surface area contributed by atoms with Gasteiger partial charge in [-0.25, -0.2) is 0 Å². The highest BCUT2D eigenvalue weighted by molar-refractivity contribution is 6.12. The van der Waals surface area contributed by atoms with Crippen molar-refractivity contribution in [2.24, 2.45) is 17.8 Å². The van der Waals surface area contributed by atoms with Gasteiger partial charge in [-0.2, -0.15) is 0 Å². The van der Waals surface area contributed by atoms with Gasteiger partial charge in [0, 0.05) is 164 Å². The van der Waals surface area contributed by atoms with Gasteiger partial charge < -0.3 is 166 Å². The maximum Gasteiger partial charge on any atom is 0.146 e. The zero-order valence-electron chi connectivity index (χ0n) is 82.5. The van der Waals surface area contributed by atoms with Crippen LogP contribution < -0.4 is 0 Å². The van der Waals surface area contributed by atoms with Gasteiger partial charge in [0.2, 0.25) is 0 Å². The molecule has 18 fully saturated rings. The predicted octanol–water partition coefficient (Wildman–Crippen LogP) is 4.13. The van der Waals surface area contributed by atoms with Crippen LogP contribution in [0.25, 0.3) is 0 Å². The molecule has 2 aliphatic carbocycles. The minimum atomic E-state index is -0.534. The molecule has 43 atom stereocenters. The Hall–Kier alpha value is -1.76. The van der Waals surface area contributed by atoms with E-state index >= 15 is 0 Å². The Kier molecular flexibility index (Phi) is 39.0. The van der Waals surface area contributed by atoms with Crippen molar-refractivity contribution in [1.29, 1.82) is 0 Å². The van der Waals surface area contributed by atoms with Crippen LogP contribution in [0.4, 0.5) is 0 Å². The average molecular weight is 1830 g/mol. The topological polar surface area (TPSA) is 331 Å². The summed E-state index contributed by atoms with van der Waals surface area (Å²) in [6, 6.07) is -1.23. The third-order valence-electron chi connectivity index (χ3n) is 30.5. The molecular formula is C90H157B3O35. The van der Waals surface area contributed by atoms with Crippen molar-refractivity contribution in [2.75, 3.05) is 194 Å². The van der Waals surface area contributed by atoms with Gasteiger partial charge >= 0.3 is 0 Å². The van der Waals surface area contributed by atoms with Crippen LogP contribution in [0.15, 0.2) is 12.2 Å². The first-order valence-corrected chi connectivity index (χ1v) is 44.9. The quantitative estimate of drug-likeness (QED) is 0.0824. The second-order valence-corrected chi connectivity index (χ2v) is 37.2. The van der Waals surface area contributed by atoms with E-state index in [4.69, 9.17) is 189 Å². The van der Waals surface area contributed by atoms with Crippen molar-refractivity contribution in [2.45, 2.75) is 349 Å². The molecule has 18 rings (SSSR count). The molecular weight excluding hydrogens is 1670 g/mol. The van der Waals surface area contributed by atoms with Crippen LogP contribution in [0.3, 0.4) is 0 Å². The van der Waals surface area contributed by atoms with Gasteiger partial charge in [0.25, 0.3) is 0 Å². The third kappa shape index (κ3) is 19.2. The van der Waals surface area contributed by atoms with Crippen LogP contribution in [0.1, 0.15) is 110 Å². The van der Waals surface area contributed by atoms with Crippen molar-refractivity contribution < 1.29 is 166 Å². The van der Waals surface area contributed by atoms with Crippen LogP contribution in [-0.4, -0.2) is 463 Å². The molecule has 16 heterocycles. The number of carbonyl (C=O) groups excluding carboxylic acids is 1. The van der Waals surface area contributed by atoms with Crippen molar-refractivity contribution in [3.05, 3.63) is 12.2 Å². The Morgan fingerprint density at radius 2 is 0.719 bits per heavy atom. The normalized spacial score (nSPS) is 49.1. The van der Waals surface area contributed by atoms with E-state index in [2.05, 4.69) is 27.4 Å². The summed E-state index contributed by atoms with van der Waals surface area (Å²) in [5, 5.41) is 0. The molecule has 0 aromatic carbocycles. The van der Waals surface area contributed by atoms with Crippen molar-refractivity contribution in [3.8, 4) is 0 Å². The number of methoxy groups -OCH3 is 18. The number of carbonyl (C=O) groups is 1. The Bertz CT molecular complexity index is 3120.